The standard InChI is InChI=1S/C23H27N3O4S/c27-22(24-21-13-5-4-12-20(21)23(28)25-14-6-7-15-25)18-9-8-16-26(17-18)31(29,30)19-10-2-1-3-11-19/h1-5,10-13,18H,6-9,14-17H2,(H,24,27). The van der Waals surface area contributed by atoms with Gasteiger partial charge in [-0.1, -0.05) is 30.3 Å². The third kappa shape index (κ3) is 4.65. The number of likely N-dealkylation sites (tertiary alicyclic amines) is 1. The fourth-order valence-corrected chi connectivity index (χ4v) is 5.77. The molecular formula is C23H27N3O4S. The first-order valence-electron chi connectivity index (χ1n) is 10.7. The third-order valence-corrected chi connectivity index (χ3v) is 7.82. The van der Waals surface area contributed by atoms with Gasteiger partial charge in [0.05, 0.1) is 22.1 Å². The Labute approximate surface area is 183 Å². The van der Waals surface area contributed by atoms with Crippen LogP contribution < -0.4 is 5.32 Å². The van der Waals surface area contributed by atoms with Gasteiger partial charge in [-0.25, -0.2) is 8.42 Å². The summed E-state index contributed by atoms with van der Waals surface area (Å²) in [6.45, 7) is 1.99. The SMILES string of the molecule is O=C(Nc1ccccc1C(=O)N1CCCC1)C1CCCN(S(=O)(=O)c2ccccc2)C1. The van der Waals surface area contributed by atoms with Crippen molar-refractivity contribution in [1.29, 1.82) is 0 Å². The van der Waals surface area contributed by atoms with E-state index in [-0.39, 0.29) is 23.3 Å². The minimum Gasteiger partial charge on any atom is -0.339 e. The molecule has 1 atom stereocenters. The van der Waals surface area contributed by atoms with Gasteiger partial charge in [0.15, 0.2) is 0 Å². The predicted molar refractivity (Wildman–Crippen MR) is 118 cm³/mol. The Balaban J connectivity index is 1.48. The molecular weight excluding hydrogens is 414 g/mol. The number of hydrogen-bond acceptors (Lipinski definition) is 4. The van der Waals surface area contributed by atoms with Crippen molar-refractivity contribution >= 4 is 27.5 Å². The van der Waals surface area contributed by atoms with Crippen LogP contribution in [0.2, 0.25) is 0 Å². The second-order valence-corrected chi connectivity index (χ2v) is 9.99. The number of carbonyl (C=O) groups is 2. The molecule has 2 fully saturated rings. The van der Waals surface area contributed by atoms with E-state index in [0.717, 1.165) is 25.9 Å². The smallest absolute Gasteiger partial charge is 0.255 e. The molecule has 0 spiro atoms. The lowest BCUT2D eigenvalue weighted by Crippen LogP contribution is -2.43. The zero-order chi connectivity index (χ0) is 21.8. The monoisotopic (exact) mass is 441 g/mol. The molecule has 8 heteroatoms. The fraction of sp³-hybridized carbons (Fsp3) is 0.391. The molecule has 0 aromatic heterocycles. The summed E-state index contributed by atoms with van der Waals surface area (Å²) in [7, 11) is -3.64. The molecule has 2 heterocycles. The van der Waals surface area contributed by atoms with Crippen LogP contribution in [0.4, 0.5) is 5.69 Å². The lowest BCUT2D eigenvalue weighted by Gasteiger charge is -2.31. The van der Waals surface area contributed by atoms with Gasteiger partial charge in [0.25, 0.3) is 5.91 Å². The molecule has 2 aliphatic heterocycles. The van der Waals surface area contributed by atoms with E-state index in [9.17, 15) is 18.0 Å². The molecule has 0 bridgehead atoms. The maximum absolute atomic E-state index is 13.0. The summed E-state index contributed by atoms with van der Waals surface area (Å²) in [5, 5.41) is 2.89. The van der Waals surface area contributed by atoms with Crippen molar-refractivity contribution in [2.75, 3.05) is 31.5 Å². The van der Waals surface area contributed by atoms with E-state index >= 15 is 0 Å². The highest BCUT2D eigenvalue weighted by Crippen LogP contribution is 2.26. The number of carbonyl (C=O) groups excluding carboxylic acids is 2. The van der Waals surface area contributed by atoms with Crippen LogP contribution in [0.5, 0.6) is 0 Å². The predicted octanol–water partition coefficient (Wildman–Crippen LogP) is 2.96. The number of rotatable bonds is 5. The Morgan fingerprint density at radius 1 is 0.871 bits per heavy atom. The van der Waals surface area contributed by atoms with Crippen LogP contribution in [-0.4, -0.2) is 55.6 Å². The van der Waals surface area contributed by atoms with Gasteiger partial charge < -0.3 is 10.2 Å². The van der Waals surface area contributed by atoms with Crippen molar-refractivity contribution in [3.05, 3.63) is 60.2 Å². The summed E-state index contributed by atoms with van der Waals surface area (Å²) in [6, 6.07) is 15.3. The van der Waals surface area contributed by atoms with Gasteiger partial charge in [-0.3, -0.25) is 9.59 Å². The summed E-state index contributed by atoms with van der Waals surface area (Å²) < 4.78 is 27.3. The van der Waals surface area contributed by atoms with Crippen LogP contribution in [0.15, 0.2) is 59.5 Å². The lowest BCUT2D eigenvalue weighted by molar-refractivity contribution is -0.120. The zero-order valence-corrected chi connectivity index (χ0v) is 18.2. The molecule has 0 saturated carbocycles. The van der Waals surface area contributed by atoms with Crippen molar-refractivity contribution in [2.45, 2.75) is 30.6 Å². The highest BCUT2D eigenvalue weighted by molar-refractivity contribution is 7.89. The number of nitrogens with zero attached hydrogens (tertiary/aromatic N) is 2. The molecule has 2 amide bonds. The quantitative estimate of drug-likeness (QED) is 0.773. The maximum atomic E-state index is 13.0. The van der Waals surface area contributed by atoms with Crippen molar-refractivity contribution < 1.29 is 18.0 Å². The second kappa shape index (κ2) is 9.20. The van der Waals surface area contributed by atoms with E-state index in [1.54, 1.807) is 59.5 Å². The first-order valence-corrected chi connectivity index (χ1v) is 12.2. The van der Waals surface area contributed by atoms with Crippen molar-refractivity contribution in [2.24, 2.45) is 5.92 Å². The first kappa shape index (κ1) is 21.5. The topological polar surface area (TPSA) is 86.8 Å². The van der Waals surface area contributed by atoms with Crippen LogP contribution in [0.25, 0.3) is 0 Å². The summed E-state index contributed by atoms with van der Waals surface area (Å²) in [4.78, 5) is 27.9. The molecule has 2 aromatic rings. The maximum Gasteiger partial charge on any atom is 0.255 e. The molecule has 0 aliphatic carbocycles. The van der Waals surface area contributed by atoms with Gasteiger partial charge in [-0.05, 0) is 49.9 Å². The van der Waals surface area contributed by atoms with E-state index < -0.39 is 15.9 Å². The van der Waals surface area contributed by atoms with Crippen molar-refractivity contribution in [3.63, 3.8) is 0 Å². The lowest BCUT2D eigenvalue weighted by atomic mass is 9.98. The normalized spacial score (nSPS) is 19.9. The Bertz CT molecular complexity index is 1050. The summed E-state index contributed by atoms with van der Waals surface area (Å²) >= 11 is 0. The number of para-hydroxylation sites is 1. The summed E-state index contributed by atoms with van der Waals surface area (Å²) in [6.07, 6.45) is 3.20. The number of anilines is 1. The van der Waals surface area contributed by atoms with Crippen LogP contribution in [0, 0.1) is 5.92 Å². The average molecular weight is 442 g/mol. The minimum atomic E-state index is -3.64. The number of hydrogen-bond donors (Lipinski definition) is 1. The minimum absolute atomic E-state index is 0.0784. The molecule has 4 rings (SSSR count). The molecule has 1 N–H and O–H groups in total. The first-order chi connectivity index (χ1) is 15.0. The third-order valence-electron chi connectivity index (χ3n) is 5.94. The number of nitrogens with one attached hydrogen (secondary N) is 1. The van der Waals surface area contributed by atoms with Gasteiger partial charge in [0.2, 0.25) is 15.9 Å². The molecule has 7 nitrogen and oxygen atoms in total. The van der Waals surface area contributed by atoms with Gasteiger partial charge in [-0.2, -0.15) is 4.31 Å². The van der Waals surface area contributed by atoms with Crippen LogP contribution in [0.1, 0.15) is 36.0 Å². The zero-order valence-electron chi connectivity index (χ0n) is 17.4. The molecule has 2 aliphatic rings. The highest BCUT2D eigenvalue weighted by Gasteiger charge is 2.33. The number of piperidine rings is 1. The van der Waals surface area contributed by atoms with Gasteiger partial charge in [0, 0.05) is 26.2 Å². The second-order valence-electron chi connectivity index (χ2n) is 8.05. The van der Waals surface area contributed by atoms with E-state index in [1.165, 1.54) is 4.31 Å². The van der Waals surface area contributed by atoms with Crippen molar-refractivity contribution in [3.8, 4) is 0 Å². The molecule has 1 unspecified atom stereocenters. The fourth-order valence-electron chi connectivity index (χ4n) is 4.22. The van der Waals surface area contributed by atoms with Crippen molar-refractivity contribution in [1.82, 2.24) is 9.21 Å². The highest BCUT2D eigenvalue weighted by atomic mass is 32.2. The van der Waals surface area contributed by atoms with E-state index in [1.807, 2.05) is 0 Å². The number of amides is 2. The largest absolute Gasteiger partial charge is 0.339 e. The Morgan fingerprint density at radius 3 is 2.29 bits per heavy atom. The van der Waals surface area contributed by atoms with Gasteiger partial charge >= 0.3 is 0 Å². The molecule has 2 saturated heterocycles. The number of benzene rings is 2. The summed E-state index contributed by atoms with van der Waals surface area (Å²) in [5.41, 5.74) is 0.953. The van der Waals surface area contributed by atoms with Crippen LogP contribution in [-0.2, 0) is 14.8 Å². The Hall–Kier alpha value is -2.71. The van der Waals surface area contributed by atoms with Crippen LogP contribution in [0.3, 0.4) is 0 Å². The van der Waals surface area contributed by atoms with E-state index in [4.69, 9.17) is 0 Å². The molecule has 0 radical (unpaired) electrons. The summed E-state index contributed by atoms with van der Waals surface area (Å²) in [5.74, 6) is -0.804. The Morgan fingerprint density at radius 2 is 1.55 bits per heavy atom. The van der Waals surface area contributed by atoms with E-state index in [2.05, 4.69) is 5.32 Å². The molecule has 2 aromatic carbocycles. The van der Waals surface area contributed by atoms with Gasteiger partial charge in [0.1, 0.15) is 0 Å². The molecule has 31 heavy (non-hydrogen) atoms. The number of sulfonamides is 1. The average Bonchev–Trinajstić information content (AvgIpc) is 3.35. The van der Waals surface area contributed by atoms with Crippen LogP contribution >= 0.6 is 0 Å². The molecule has 164 valence electrons. The Kier molecular flexibility index (Phi) is 6.38. The van der Waals surface area contributed by atoms with E-state index in [0.29, 0.717) is 30.6 Å². The van der Waals surface area contributed by atoms with Gasteiger partial charge in [-0.15, -0.1) is 0 Å².